The van der Waals surface area contributed by atoms with Gasteiger partial charge < -0.3 is 78.3 Å². The number of aliphatic carboxylic acids is 1. The lowest BCUT2D eigenvalue weighted by atomic mass is 10.0. The van der Waals surface area contributed by atoms with Gasteiger partial charge in [-0.2, -0.15) is 0 Å². The van der Waals surface area contributed by atoms with Gasteiger partial charge in [-0.05, 0) is 73.1 Å². The van der Waals surface area contributed by atoms with Crippen LogP contribution < -0.4 is 43.0 Å². The maximum absolute atomic E-state index is 13.6. The van der Waals surface area contributed by atoms with Gasteiger partial charge in [0.25, 0.3) is 0 Å². The molecule has 0 radical (unpaired) electrons. The van der Waals surface area contributed by atoms with Crippen LogP contribution in [0.5, 0.6) is 0 Å². The van der Waals surface area contributed by atoms with Crippen molar-refractivity contribution in [2.45, 2.75) is 160 Å². The number of nitrogens with zero attached hydrogens (tertiary/aromatic N) is 2. The molecule has 0 aromatic heterocycles. The van der Waals surface area contributed by atoms with Gasteiger partial charge in [0.2, 0.25) is 53.2 Å². The highest BCUT2D eigenvalue weighted by Gasteiger charge is 2.43. The van der Waals surface area contributed by atoms with Crippen molar-refractivity contribution in [1.82, 2.24) is 47.0 Å². The Morgan fingerprint density at radius 3 is 1.39 bits per heavy atom. The van der Waals surface area contributed by atoms with E-state index in [1.54, 1.807) is 0 Å². The fraction of sp³-hybridized carbons (Fsp3) is 0.744. The number of nitrogens with two attached hydrogens (primary N) is 1. The van der Waals surface area contributed by atoms with Gasteiger partial charge >= 0.3 is 5.97 Å². The summed E-state index contributed by atoms with van der Waals surface area (Å²) in [4.78, 5) is 132. The first-order valence-corrected chi connectivity index (χ1v) is 21.1. The number of likely N-dealkylation sites (tertiary alicyclic amines) is 2. The summed E-state index contributed by atoms with van der Waals surface area (Å²) in [7, 11) is 0. The molecule has 2 saturated heterocycles. The van der Waals surface area contributed by atoms with E-state index in [1.165, 1.54) is 53.4 Å². The molecular weight excluding hydrogens is 848 g/mol. The molecule has 2 aliphatic heterocycles. The summed E-state index contributed by atoms with van der Waals surface area (Å²) < 4.78 is 0. The Balaban J connectivity index is 2.13. The minimum atomic E-state index is -1.73. The van der Waals surface area contributed by atoms with E-state index >= 15 is 0 Å². The number of hydrogen-bond donors (Lipinski definition) is 13. The highest BCUT2D eigenvalue weighted by molar-refractivity contribution is 5.99. The molecule has 2 aliphatic rings. The van der Waals surface area contributed by atoms with Gasteiger partial charge in [0.15, 0.2) is 0 Å². The van der Waals surface area contributed by atoms with Crippen LogP contribution in [0, 0.1) is 5.92 Å². The number of aliphatic hydroxyl groups is 4. The van der Waals surface area contributed by atoms with Crippen molar-refractivity contribution in [1.29, 1.82) is 0 Å². The molecule has 0 aromatic rings. The highest BCUT2D eigenvalue weighted by Crippen LogP contribution is 2.21. The summed E-state index contributed by atoms with van der Waals surface area (Å²) in [6.07, 6.45) is -3.55. The van der Waals surface area contributed by atoms with Crippen LogP contribution in [0.25, 0.3) is 0 Å². The molecule has 64 heavy (non-hydrogen) atoms. The van der Waals surface area contributed by atoms with Gasteiger partial charge in [-0.15, -0.1) is 0 Å². The molecule has 362 valence electrons. The van der Waals surface area contributed by atoms with Crippen LogP contribution >= 0.6 is 0 Å². The number of carbonyl (C=O) groups is 10. The van der Waals surface area contributed by atoms with Gasteiger partial charge in [0.1, 0.15) is 54.4 Å². The zero-order valence-electron chi connectivity index (χ0n) is 37.3. The molecule has 9 amide bonds. The lowest BCUT2D eigenvalue weighted by molar-refractivity contribution is -0.147. The smallest absolute Gasteiger partial charge is 0.328 e. The molecule has 2 heterocycles. The predicted octanol–water partition coefficient (Wildman–Crippen LogP) is -6.38. The van der Waals surface area contributed by atoms with E-state index in [2.05, 4.69) is 37.2 Å². The fourth-order valence-electron chi connectivity index (χ4n) is 7.01. The Kier molecular flexibility index (Phi) is 20.9. The molecule has 0 aliphatic carbocycles. The first-order chi connectivity index (χ1) is 29.7. The first-order valence-electron chi connectivity index (χ1n) is 21.1. The van der Waals surface area contributed by atoms with Gasteiger partial charge in [-0.3, -0.25) is 43.2 Å². The van der Waals surface area contributed by atoms with Crippen LogP contribution in [-0.4, -0.2) is 193 Å². The molecular formula is C39H66N10O15. The number of carboxylic acids is 1. The zero-order chi connectivity index (χ0) is 48.9. The molecule has 13 atom stereocenters. The fourth-order valence-corrected chi connectivity index (χ4v) is 7.01. The van der Waals surface area contributed by atoms with E-state index in [4.69, 9.17) is 5.73 Å². The maximum Gasteiger partial charge on any atom is 0.328 e. The van der Waals surface area contributed by atoms with E-state index in [0.717, 1.165) is 11.8 Å². The van der Waals surface area contributed by atoms with Crippen molar-refractivity contribution < 1.29 is 73.5 Å². The molecule has 25 heteroatoms. The maximum atomic E-state index is 13.6. The average molecular weight is 915 g/mol. The first kappa shape index (κ1) is 54.6. The molecule has 25 nitrogen and oxygen atoms in total. The summed E-state index contributed by atoms with van der Waals surface area (Å²) in [6, 6.07) is -13.7. The van der Waals surface area contributed by atoms with E-state index in [1.807, 2.05) is 0 Å². The molecule has 0 aromatic carbocycles. The van der Waals surface area contributed by atoms with Crippen LogP contribution in [0.3, 0.4) is 0 Å². The van der Waals surface area contributed by atoms with E-state index < -0.39 is 150 Å². The molecule has 0 spiro atoms. The van der Waals surface area contributed by atoms with Crippen LogP contribution in [0.4, 0.5) is 0 Å². The Morgan fingerprint density at radius 2 is 0.938 bits per heavy atom. The number of amides is 9. The lowest BCUT2D eigenvalue weighted by Gasteiger charge is -2.32. The third-order valence-corrected chi connectivity index (χ3v) is 10.8. The molecule has 2 rings (SSSR count). The molecule has 13 unspecified atom stereocenters. The molecule has 2 fully saturated rings. The van der Waals surface area contributed by atoms with Gasteiger partial charge in [0, 0.05) is 13.1 Å². The monoisotopic (exact) mass is 914 g/mol. The number of rotatable bonds is 22. The molecule has 0 bridgehead atoms. The minimum Gasteiger partial charge on any atom is -0.480 e. The normalized spacial score (nSPS) is 21.3. The van der Waals surface area contributed by atoms with Crippen molar-refractivity contribution in [2.24, 2.45) is 11.7 Å². The number of carbonyl (C=O) groups excluding carboxylic acids is 9. The zero-order valence-corrected chi connectivity index (χ0v) is 37.3. The standard InChI is InChI=1S/C39H66N10O15/c1-16(2)26(34(58)47-29(22(8)53)38(62)49-14-10-11-24(49)32(56)43-23(15-50)39(63)64)44-36(60)28(21(7)52)45-31(55)18(4)41-35(59)27(20(6)51)46-33(57)25-12-9-13-48(25)37(61)19(5)42-30(54)17(3)40/h16-29,50-53H,9-15,40H2,1-8H3,(H,41,59)(H,42,54)(H,43,56)(H,44,60)(H,45,55)(H,46,57)(H,47,58)(H,63,64). The summed E-state index contributed by atoms with van der Waals surface area (Å²) in [5.74, 6) is -9.97. The second-order valence-corrected chi connectivity index (χ2v) is 16.6. The third kappa shape index (κ3) is 14.8. The molecule has 14 N–H and O–H groups in total. The van der Waals surface area contributed by atoms with E-state index in [0.29, 0.717) is 12.8 Å². The second kappa shape index (κ2) is 24.5. The van der Waals surface area contributed by atoms with E-state index in [-0.39, 0.29) is 25.9 Å². The second-order valence-electron chi connectivity index (χ2n) is 16.6. The van der Waals surface area contributed by atoms with Crippen LogP contribution in [-0.2, 0) is 47.9 Å². The lowest BCUT2D eigenvalue weighted by Crippen LogP contribution is -2.63. The Morgan fingerprint density at radius 1 is 0.531 bits per heavy atom. The largest absolute Gasteiger partial charge is 0.480 e. The van der Waals surface area contributed by atoms with Crippen molar-refractivity contribution in [3.8, 4) is 0 Å². The SMILES string of the molecule is CC(N)C(=O)NC(C)C(=O)N1CCCC1C(=O)NC(C(=O)NC(C)C(=O)NC(C(=O)NC(C(=O)NC(C(=O)N1CCCC1C(=O)NC(CO)C(=O)O)C(C)O)C(C)C)C(C)O)C(C)O. The number of carboxylic acid groups (broad SMARTS) is 1. The summed E-state index contributed by atoms with van der Waals surface area (Å²) in [5, 5.41) is 66.5. The van der Waals surface area contributed by atoms with Crippen molar-refractivity contribution in [2.75, 3.05) is 19.7 Å². The Bertz CT molecular complexity index is 1730. The number of aliphatic hydroxyl groups excluding tert-OH is 4. The van der Waals surface area contributed by atoms with E-state index in [9.17, 15) is 73.5 Å². The Hall–Kier alpha value is -5.50. The number of nitrogens with one attached hydrogen (secondary N) is 7. The van der Waals surface area contributed by atoms with Crippen LogP contribution in [0.15, 0.2) is 0 Å². The third-order valence-electron chi connectivity index (χ3n) is 10.8. The van der Waals surface area contributed by atoms with Crippen LogP contribution in [0.1, 0.15) is 81.1 Å². The summed E-state index contributed by atoms with van der Waals surface area (Å²) in [6.45, 7) is 9.97. The van der Waals surface area contributed by atoms with Crippen molar-refractivity contribution in [3.05, 3.63) is 0 Å². The predicted molar refractivity (Wildman–Crippen MR) is 223 cm³/mol. The summed E-state index contributed by atoms with van der Waals surface area (Å²) in [5.41, 5.74) is 5.57. The quantitative estimate of drug-likeness (QED) is 0.0480. The van der Waals surface area contributed by atoms with Gasteiger partial charge in [-0.25, -0.2) is 4.79 Å². The minimum absolute atomic E-state index is 0.0136. The molecule has 0 saturated carbocycles. The van der Waals surface area contributed by atoms with Crippen molar-refractivity contribution >= 4 is 59.1 Å². The van der Waals surface area contributed by atoms with Crippen molar-refractivity contribution in [3.63, 3.8) is 0 Å². The van der Waals surface area contributed by atoms with Crippen LogP contribution in [0.2, 0.25) is 0 Å². The van der Waals surface area contributed by atoms with Gasteiger partial charge in [0.05, 0.1) is 31.0 Å². The topological polar surface area (TPSA) is 389 Å². The highest BCUT2D eigenvalue weighted by atomic mass is 16.4. The Labute approximate surface area is 370 Å². The van der Waals surface area contributed by atoms with Gasteiger partial charge in [-0.1, -0.05) is 13.8 Å². The average Bonchev–Trinajstić information content (AvgIpc) is 3.91. The number of hydrogen-bond acceptors (Lipinski definition) is 15. The summed E-state index contributed by atoms with van der Waals surface area (Å²) >= 11 is 0.